The maximum atomic E-state index is 11.4. The van der Waals surface area contributed by atoms with Crippen LogP contribution < -0.4 is 10.1 Å². The summed E-state index contributed by atoms with van der Waals surface area (Å²) < 4.78 is 5.56. The summed E-state index contributed by atoms with van der Waals surface area (Å²) in [5.41, 5.74) is 0. The molecule has 0 spiro atoms. The molecule has 1 aromatic heterocycles. The summed E-state index contributed by atoms with van der Waals surface area (Å²) in [6.07, 6.45) is 4.69. The third-order valence-corrected chi connectivity index (χ3v) is 3.16. The van der Waals surface area contributed by atoms with E-state index >= 15 is 0 Å². The van der Waals surface area contributed by atoms with Crippen LogP contribution in [0.2, 0.25) is 0 Å². The second-order valence-corrected chi connectivity index (χ2v) is 5.60. The van der Waals surface area contributed by atoms with E-state index in [4.69, 9.17) is 4.74 Å². The largest absolute Gasteiger partial charge is 0.476 e. The normalized spacial score (nSPS) is 19.3. The Morgan fingerprint density at radius 2 is 2.30 bits per heavy atom. The van der Waals surface area contributed by atoms with Gasteiger partial charge in [-0.2, -0.15) is 4.98 Å². The molecule has 1 fully saturated rings. The van der Waals surface area contributed by atoms with Gasteiger partial charge in [0.05, 0.1) is 19.0 Å². The zero-order chi connectivity index (χ0) is 14.5. The number of nitrogens with zero attached hydrogens (tertiary/aromatic N) is 3. The van der Waals surface area contributed by atoms with Crippen LogP contribution in [0, 0.1) is 5.92 Å². The van der Waals surface area contributed by atoms with Gasteiger partial charge in [-0.1, -0.05) is 13.8 Å². The summed E-state index contributed by atoms with van der Waals surface area (Å²) in [6.45, 7) is 5.49. The van der Waals surface area contributed by atoms with E-state index in [0.717, 1.165) is 6.42 Å². The molecule has 1 amide bonds. The Bertz CT molecular complexity index is 464. The van der Waals surface area contributed by atoms with Crippen molar-refractivity contribution in [3.63, 3.8) is 0 Å². The van der Waals surface area contributed by atoms with E-state index in [-0.39, 0.29) is 11.9 Å². The Labute approximate surface area is 119 Å². The van der Waals surface area contributed by atoms with Gasteiger partial charge >= 0.3 is 0 Å². The molecule has 1 aliphatic heterocycles. The molecule has 6 heteroatoms. The molecular weight excluding hydrogens is 256 g/mol. The molecule has 0 bridgehead atoms. The van der Waals surface area contributed by atoms with Gasteiger partial charge in [-0.05, 0) is 12.3 Å². The lowest BCUT2D eigenvalue weighted by molar-refractivity contribution is -0.132. The molecule has 0 radical (unpaired) electrons. The molecule has 2 rings (SSSR count). The van der Waals surface area contributed by atoms with E-state index in [2.05, 4.69) is 29.1 Å². The van der Waals surface area contributed by atoms with Gasteiger partial charge in [-0.25, -0.2) is 0 Å². The van der Waals surface area contributed by atoms with Crippen LogP contribution in [0.3, 0.4) is 0 Å². The topological polar surface area (TPSA) is 67.3 Å². The maximum absolute atomic E-state index is 11.4. The van der Waals surface area contributed by atoms with Crippen molar-refractivity contribution in [3.8, 4) is 5.88 Å². The summed E-state index contributed by atoms with van der Waals surface area (Å²) >= 11 is 0. The first-order chi connectivity index (χ1) is 9.54. The average Bonchev–Trinajstić information content (AvgIpc) is 2.41. The number of carbonyl (C=O) groups excluding carboxylic acids is 1. The van der Waals surface area contributed by atoms with Gasteiger partial charge in [0, 0.05) is 26.1 Å². The standard InChI is InChI=1S/C14H22N4O2/c1-10(2)9-20-13-7-15-6-12(17-13)16-11-4-5-14(19)18(3)8-11/h6-7,10-11H,4-5,8-9H2,1-3H3,(H,16,17)/t11-/m1/s1. The molecule has 0 aromatic carbocycles. The minimum absolute atomic E-state index is 0.197. The van der Waals surface area contributed by atoms with E-state index in [1.54, 1.807) is 17.3 Å². The number of nitrogens with one attached hydrogen (secondary N) is 1. The number of hydrogen-bond donors (Lipinski definition) is 1. The zero-order valence-electron chi connectivity index (χ0n) is 12.3. The smallest absolute Gasteiger partial charge is 0.234 e. The highest BCUT2D eigenvalue weighted by atomic mass is 16.5. The molecule has 1 aliphatic rings. The average molecular weight is 278 g/mol. The monoisotopic (exact) mass is 278 g/mol. The molecule has 1 saturated heterocycles. The van der Waals surface area contributed by atoms with Crippen LogP contribution in [0.15, 0.2) is 12.4 Å². The van der Waals surface area contributed by atoms with Crippen molar-refractivity contribution in [2.45, 2.75) is 32.7 Å². The van der Waals surface area contributed by atoms with Crippen molar-refractivity contribution in [2.75, 3.05) is 25.5 Å². The highest BCUT2D eigenvalue weighted by molar-refractivity contribution is 5.76. The highest BCUT2D eigenvalue weighted by Gasteiger charge is 2.22. The number of hydrogen-bond acceptors (Lipinski definition) is 5. The molecule has 1 N–H and O–H groups in total. The molecule has 0 saturated carbocycles. The van der Waals surface area contributed by atoms with E-state index in [9.17, 15) is 4.79 Å². The zero-order valence-corrected chi connectivity index (χ0v) is 12.3. The number of likely N-dealkylation sites (N-methyl/N-ethyl adjacent to an activating group) is 1. The SMILES string of the molecule is CC(C)COc1cncc(N[C@@H]2CCC(=O)N(C)C2)n1. The van der Waals surface area contributed by atoms with Crippen LogP contribution >= 0.6 is 0 Å². The number of amides is 1. The molecule has 20 heavy (non-hydrogen) atoms. The minimum atomic E-state index is 0.197. The second-order valence-electron chi connectivity index (χ2n) is 5.60. The van der Waals surface area contributed by atoms with Crippen molar-refractivity contribution in [2.24, 2.45) is 5.92 Å². The quantitative estimate of drug-likeness (QED) is 0.885. The number of anilines is 1. The Morgan fingerprint density at radius 3 is 3.00 bits per heavy atom. The summed E-state index contributed by atoms with van der Waals surface area (Å²) in [5.74, 6) is 1.87. The fourth-order valence-corrected chi connectivity index (χ4v) is 2.08. The third-order valence-electron chi connectivity index (χ3n) is 3.16. The molecule has 0 aliphatic carbocycles. The summed E-state index contributed by atoms with van der Waals surface area (Å²) in [6, 6.07) is 0.215. The van der Waals surface area contributed by atoms with E-state index < -0.39 is 0 Å². The van der Waals surface area contributed by atoms with E-state index in [1.165, 1.54) is 0 Å². The fraction of sp³-hybridized carbons (Fsp3) is 0.643. The fourth-order valence-electron chi connectivity index (χ4n) is 2.08. The Balaban J connectivity index is 1.92. The molecule has 2 heterocycles. The summed E-state index contributed by atoms with van der Waals surface area (Å²) in [7, 11) is 1.82. The Hall–Kier alpha value is -1.85. The number of piperidine rings is 1. The van der Waals surface area contributed by atoms with Crippen LogP contribution in [0.5, 0.6) is 5.88 Å². The van der Waals surface area contributed by atoms with Crippen LogP contribution in [0.25, 0.3) is 0 Å². The van der Waals surface area contributed by atoms with Crippen molar-refractivity contribution < 1.29 is 9.53 Å². The van der Waals surface area contributed by atoms with Crippen molar-refractivity contribution >= 4 is 11.7 Å². The van der Waals surface area contributed by atoms with Crippen molar-refractivity contribution in [1.82, 2.24) is 14.9 Å². The molecule has 1 atom stereocenters. The lowest BCUT2D eigenvalue weighted by atomic mass is 10.1. The van der Waals surface area contributed by atoms with E-state index in [0.29, 0.717) is 37.2 Å². The molecule has 6 nitrogen and oxygen atoms in total. The maximum Gasteiger partial charge on any atom is 0.234 e. The molecule has 1 aromatic rings. The minimum Gasteiger partial charge on any atom is -0.476 e. The second kappa shape index (κ2) is 6.54. The van der Waals surface area contributed by atoms with Gasteiger partial charge < -0.3 is 15.0 Å². The van der Waals surface area contributed by atoms with Gasteiger partial charge in [0.25, 0.3) is 0 Å². The first kappa shape index (κ1) is 14.6. The van der Waals surface area contributed by atoms with Crippen LogP contribution in [-0.2, 0) is 4.79 Å². The van der Waals surface area contributed by atoms with Gasteiger partial charge in [0.15, 0.2) is 0 Å². The van der Waals surface area contributed by atoms with Gasteiger partial charge in [0.2, 0.25) is 11.8 Å². The number of carbonyl (C=O) groups is 1. The van der Waals surface area contributed by atoms with E-state index in [1.807, 2.05) is 7.05 Å². The van der Waals surface area contributed by atoms with Gasteiger partial charge in [-0.15, -0.1) is 0 Å². The molecule has 110 valence electrons. The van der Waals surface area contributed by atoms with Crippen molar-refractivity contribution in [3.05, 3.63) is 12.4 Å². The van der Waals surface area contributed by atoms with Gasteiger partial charge in [-0.3, -0.25) is 9.78 Å². The van der Waals surface area contributed by atoms with Crippen LogP contribution in [0.4, 0.5) is 5.82 Å². The Kier molecular flexibility index (Phi) is 4.76. The molecule has 0 unspecified atom stereocenters. The summed E-state index contributed by atoms with van der Waals surface area (Å²) in [5, 5.41) is 3.31. The number of ether oxygens (including phenoxy) is 1. The number of rotatable bonds is 5. The first-order valence-electron chi connectivity index (χ1n) is 7.00. The van der Waals surface area contributed by atoms with Crippen LogP contribution in [0.1, 0.15) is 26.7 Å². The van der Waals surface area contributed by atoms with Crippen LogP contribution in [-0.4, -0.2) is 47.0 Å². The first-order valence-corrected chi connectivity index (χ1v) is 7.00. The Morgan fingerprint density at radius 1 is 1.50 bits per heavy atom. The highest BCUT2D eigenvalue weighted by Crippen LogP contribution is 2.16. The molecular formula is C14H22N4O2. The number of aromatic nitrogens is 2. The third kappa shape index (κ3) is 4.08. The summed E-state index contributed by atoms with van der Waals surface area (Å²) in [4.78, 5) is 21.7. The van der Waals surface area contributed by atoms with Crippen molar-refractivity contribution in [1.29, 1.82) is 0 Å². The number of likely N-dealkylation sites (tertiary alicyclic amines) is 1. The predicted molar refractivity (Wildman–Crippen MR) is 76.6 cm³/mol. The predicted octanol–water partition coefficient (Wildman–Crippen LogP) is 1.54. The lowest BCUT2D eigenvalue weighted by Gasteiger charge is -2.30. The lowest BCUT2D eigenvalue weighted by Crippen LogP contribution is -2.43. The van der Waals surface area contributed by atoms with Gasteiger partial charge in [0.1, 0.15) is 5.82 Å².